The number of carbonyl (C=O) groups excluding carboxylic acids is 1. The highest BCUT2D eigenvalue weighted by molar-refractivity contribution is 5.68. The first kappa shape index (κ1) is 9.57. The van der Waals surface area contributed by atoms with Crippen LogP contribution in [0.4, 0.5) is 5.82 Å². The summed E-state index contributed by atoms with van der Waals surface area (Å²) in [4.78, 5) is 10.7. The van der Waals surface area contributed by atoms with E-state index in [2.05, 4.69) is 9.84 Å². The van der Waals surface area contributed by atoms with Crippen LogP contribution in [-0.4, -0.2) is 22.9 Å². The van der Waals surface area contributed by atoms with Crippen molar-refractivity contribution in [3.63, 3.8) is 0 Å². The summed E-state index contributed by atoms with van der Waals surface area (Å²) in [5.74, 6) is 0.304. The van der Waals surface area contributed by atoms with Crippen LogP contribution in [0.1, 0.15) is 12.8 Å². The highest BCUT2D eigenvalue weighted by atomic mass is 16.5. The van der Waals surface area contributed by atoms with E-state index in [1.807, 2.05) is 0 Å². The molecule has 13 heavy (non-hydrogen) atoms. The molecule has 0 aliphatic rings. The number of esters is 1. The molecule has 1 aromatic rings. The Morgan fingerprint density at radius 3 is 3.08 bits per heavy atom. The van der Waals surface area contributed by atoms with E-state index < -0.39 is 0 Å². The van der Waals surface area contributed by atoms with Gasteiger partial charge in [-0.1, -0.05) is 0 Å². The fraction of sp³-hybridized carbons (Fsp3) is 0.500. The van der Waals surface area contributed by atoms with E-state index in [9.17, 15) is 4.79 Å². The molecule has 1 heterocycles. The van der Waals surface area contributed by atoms with Crippen LogP contribution in [0.5, 0.6) is 0 Å². The molecule has 2 N–H and O–H groups in total. The molecule has 0 aliphatic heterocycles. The molecule has 0 aliphatic carbocycles. The predicted octanol–water partition coefficient (Wildman–Crippen LogP) is 0.418. The van der Waals surface area contributed by atoms with Crippen LogP contribution in [0.2, 0.25) is 0 Å². The van der Waals surface area contributed by atoms with Crippen LogP contribution in [0.3, 0.4) is 0 Å². The third-order valence-electron chi connectivity index (χ3n) is 1.66. The molecular weight excluding hydrogens is 170 g/mol. The SMILES string of the molecule is COC(=O)CCCn1ccc(N)n1. The smallest absolute Gasteiger partial charge is 0.305 e. The van der Waals surface area contributed by atoms with E-state index in [1.165, 1.54) is 7.11 Å². The number of hydrogen-bond acceptors (Lipinski definition) is 4. The lowest BCUT2D eigenvalue weighted by Gasteiger charge is -1.99. The minimum Gasteiger partial charge on any atom is -0.469 e. The lowest BCUT2D eigenvalue weighted by atomic mass is 10.3. The Kier molecular flexibility index (Phi) is 3.31. The average molecular weight is 183 g/mol. The third-order valence-corrected chi connectivity index (χ3v) is 1.66. The van der Waals surface area contributed by atoms with Crippen molar-refractivity contribution in [1.29, 1.82) is 0 Å². The molecule has 0 fully saturated rings. The minimum absolute atomic E-state index is 0.194. The number of ether oxygens (including phenoxy) is 1. The highest BCUT2D eigenvalue weighted by Gasteiger charge is 2.00. The fourth-order valence-electron chi connectivity index (χ4n) is 0.989. The van der Waals surface area contributed by atoms with Crippen molar-refractivity contribution in [2.75, 3.05) is 12.8 Å². The van der Waals surface area contributed by atoms with Crippen molar-refractivity contribution in [3.8, 4) is 0 Å². The Labute approximate surface area is 76.5 Å². The van der Waals surface area contributed by atoms with Gasteiger partial charge in [0.05, 0.1) is 7.11 Å². The van der Waals surface area contributed by atoms with Crippen molar-refractivity contribution in [3.05, 3.63) is 12.3 Å². The quantitative estimate of drug-likeness (QED) is 0.687. The van der Waals surface area contributed by atoms with E-state index in [1.54, 1.807) is 16.9 Å². The molecule has 72 valence electrons. The highest BCUT2D eigenvalue weighted by Crippen LogP contribution is 1.99. The monoisotopic (exact) mass is 183 g/mol. The van der Waals surface area contributed by atoms with E-state index in [0.29, 0.717) is 25.2 Å². The van der Waals surface area contributed by atoms with Gasteiger partial charge in [0.25, 0.3) is 0 Å². The number of aromatic nitrogens is 2. The summed E-state index contributed by atoms with van der Waals surface area (Å²) in [6.45, 7) is 0.687. The molecule has 1 aromatic heterocycles. The maximum atomic E-state index is 10.7. The molecule has 0 saturated carbocycles. The molecule has 0 atom stereocenters. The second-order valence-corrected chi connectivity index (χ2v) is 2.68. The summed E-state index contributed by atoms with van der Waals surface area (Å²) in [7, 11) is 1.38. The number of rotatable bonds is 4. The normalized spacial score (nSPS) is 9.92. The summed E-state index contributed by atoms with van der Waals surface area (Å²) < 4.78 is 6.21. The largest absolute Gasteiger partial charge is 0.469 e. The standard InChI is InChI=1S/C8H13N3O2/c1-13-8(12)3-2-5-11-6-4-7(9)10-11/h4,6H,2-3,5H2,1H3,(H2,9,10). The Morgan fingerprint density at radius 2 is 2.54 bits per heavy atom. The average Bonchev–Trinajstić information content (AvgIpc) is 2.51. The van der Waals surface area contributed by atoms with Gasteiger partial charge < -0.3 is 10.5 Å². The van der Waals surface area contributed by atoms with Gasteiger partial charge in [-0.2, -0.15) is 5.10 Å². The maximum Gasteiger partial charge on any atom is 0.305 e. The fourth-order valence-corrected chi connectivity index (χ4v) is 0.989. The summed E-state index contributed by atoms with van der Waals surface area (Å²) in [5.41, 5.74) is 5.41. The first-order valence-corrected chi connectivity index (χ1v) is 4.08. The van der Waals surface area contributed by atoms with Crippen LogP contribution >= 0.6 is 0 Å². The molecule has 0 aromatic carbocycles. The molecule has 1 rings (SSSR count). The predicted molar refractivity (Wildman–Crippen MR) is 47.9 cm³/mol. The van der Waals surface area contributed by atoms with Gasteiger partial charge in [0.15, 0.2) is 0 Å². The van der Waals surface area contributed by atoms with Gasteiger partial charge in [0, 0.05) is 19.2 Å². The van der Waals surface area contributed by atoms with Gasteiger partial charge >= 0.3 is 5.97 Å². The Balaban J connectivity index is 2.24. The minimum atomic E-state index is -0.194. The molecule has 5 heteroatoms. The van der Waals surface area contributed by atoms with Gasteiger partial charge in [0.1, 0.15) is 5.82 Å². The van der Waals surface area contributed by atoms with Crippen LogP contribution in [-0.2, 0) is 16.1 Å². The molecule has 0 spiro atoms. The number of hydrogen-bond donors (Lipinski definition) is 1. The van der Waals surface area contributed by atoms with Crippen LogP contribution in [0, 0.1) is 0 Å². The van der Waals surface area contributed by atoms with Crippen molar-refractivity contribution in [2.45, 2.75) is 19.4 Å². The number of nitrogen functional groups attached to an aromatic ring is 1. The van der Waals surface area contributed by atoms with Crippen LogP contribution < -0.4 is 5.73 Å². The summed E-state index contributed by atoms with van der Waals surface area (Å²) in [6.07, 6.45) is 2.91. The number of nitrogens with two attached hydrogens (primary N) is 1. The molecule has 0 unspecified atom stereocenters. The number of methoxy groups -OCH3 is 1. The Morgan fingerprint density at radius 1 is 1.77 bits per heavy atom. The second-order valence-electron chi connectivity index (χ2n) is 2.68. The van der Waals surface area contributed by atoms with Gasteiger partial charge in [0.2, 0.25) is 0 Å². The molecule has 0 radical (unpaired) electrons. The molecule has 0 saturated heterocycles. The van der Waals surface area contributed by atoms with E-state index in [-0.39, 0.29) is 5.97 Å². The van der Waals surface area contributed by atoms with Crippen LogP contribution in [0.25, 0.3) is 0 Å². The zero-order valence-electron chi connectivity index (χ0n) is 7.56. The molecular formula is C8H13N3O2. The second kappa shape index (κ2) is 4.49. The van der Waals surface area contributed by atoms with Gasteiger partial charge in [-0.15, -0.1) is 0 Å². The van der Waals surface area contributed by atoms with Gasteiger partial charge in [-0.25, -0.2) is 0 Å². The first-order valence-electron chi connectivity index (χ1n) is 4.08. The van der Waals surface area contributed by atoms with Crippen molar-refractivity contribution >= 4 is 11.8 Å². The molecule has 0 amide bonds. The number of nitrogens with zero attached hydrogens (tertiary/aromatic N) is 2. The number of carbonyl (C=O) groups is 1. The van der Waals surface area contributed by atoms with Crippen molar-refractivity contribution in [2.24, 2.45) is 0 Å². The van der Waals surface area contributed by atoms with Gasteiger partial charge in [-0.05, 0) is 12.5 Å². The van der Waals surface area contributed by atoms with Crippen molar-refractivity contribution < 1.29 is 9.53 Å². The van der Waals surface area contributed by atoms with E-state index in [4.69, 9.17) is 5.73 Å². The van der Waals surface area contributed by atoms with E-state index >= 15 is 0 Å². The molecule has 0 bridgehead atoms. The van der Waals surface area contributed by atoms with E-state index in [0.717, 1.165) is 0 Å². The summed E-state index contributed by atoms with van der Waals surface area (Å²) in [6, 6.07) is 1.72. The number of aryl methyl sites for hydroxylation is 1. The lowest BCUT2D eigenvalue weighted by molar-refractivity contribution is -0.140. The topological polar surface area (TPSA) is 70.1 Å². The first-order chi connectivity index (χ1) is 6.22. The molecule has 5 nitrogen and oxygen atoms in total. The third kappa shape index (κ3) is 3.14. The summed E-state index contributed by atoms with van der Waals surface area (Å²) in [5, 5.41) is 3.98. The maximum absolute atomic E-state index is 10.7. The summed E-state index contributed by atoms with van der Waals surface area (Å²) >= 11 is 0. The zero-order chi connectivity index (χ0) is 9.68. The Bertz CT molecular complexity index is 283. The zero-order valence-corrected chi connectivity index (χ0v) is 7.56. The Hall–Kier alpha value is -1.52. The van der Waals surface area contributed by atoms with Gasteiger partial charge in [-0.3, -0.25) is 9.48 Å². The van der Waals surface area contributed by atoms with Crippen molar-refractivity contribution in [1.82, 2.24) is 9.78 Å². The number of anilines is 1. The van der Waals surface area contributed by atoms with Crippen LogP contribution in [0.15, 0.2) is 12.3 Å². The lowest BCUT2D eigenvalue weighted by Crippen LogP contribution is -2.04.